The minimum absolute atomic E-state index is 0.00791. The van der Waals surface area contributed by atoms with E-state index < -0.39 is 0 Å². The fraction of sp³-hybridized carbons (Fsp3) is 0.913. The molecule has 2 amide bonds. The van der Waals surface area contributed by atoms with Gasteiger partial charge in [-0.1, -0.05) is 0 Å². The molecule has 0 radical (unpaired) electrons. The van der Waals surface area contributed by atoms with Crippen molar-refractivity contribution in [2.45, 2.75) is 83.7 Å². The molecule has 5 heteroatoms. The Labute approximate surface area is 169 Å². The van der Waals surface area contributed by atoms with Crippen molar-refractivity contribution in [1.82, 2.24) is 15.5 Å². The molecular formula is C23H37N3O2. The number of hydrogen-bond acceptors (Lipinski definition) is 3. The van der Waals surface area contributed by atoms with Gasteiger partial charge in [0.15, 0.2) is 0 Å². The molecule has 6 aliphatic rings. The van der Waals surface area contributed by atoms with Gasteiger partial charge in [-0.3, -0.25) is 14.5 Å². The molecule has 156 valence electrons. The number of nitrogens with one attached hydrogen (secondary N) is 2. The van der Waals surface area contributed by atoms with Crippen LogP contribution in [0.2, 0.25) is 0 Å². The smallest absolute Gasteiger partial charge is 0.234 e. The Balaban J connectivity index is 1.10. The molecule has 1 spiro atoms. The van der Waals surface area contributed by atoms with Gasteiger partial charge >= 0.3 is 0 Å². The molecule has 1 aliphatic heterocycles. The zero-order valence-electron chi connectivity index (χ0n) is 17.9. The highest BCUT2D eigenvalue weighted by molar-refractivity contribution is 5.84. The van der Waals surface area contributed by atoms with E-state index in [1.54, 1.807) is 0 Å². The van der Waals surface area contributed by atoms with Crippen molar-refractivity contribution < 1.29 is 9.59 Å². The van der Waals surface area contributed by atoms with Gasteiger partial charge in [-0.05, 0) is 108 Å². The molecule has 2 unspecified atom stereocenters. The average molecular weight is 388 g/mol. The van der Waals surface area contributed by atoms with Gasteiger partial charge in [0.2, 0.25) is 11.8 Å². The normalized spacial score (nSPS) is 40.7. The van der Waals surface area contributed by atoms with Gasteiger partial charge in [-0.15, -0.1) is 0 Å². The Morgan fingerprint density at radius 2 is 1.64 bits per heavy atom. The molecule has 6 fully saturated rings. The van der Waals surface area contributed by atoms with Crippen LogP contribution in [0.3, 0.4) is 0 Å². The van der Waals surface area contributed by atoms with Crippen LogP contribution in [0.15, 0.2) is 0 Å². The van der Waals surface area contributed by atoms with Gasteiger partial charge in [0.1, 0.15) is 0 Å². The Bertz CT molecular complexity index is 654. The molecule has 0 aromatic heterocycles. The standard InChI is InChI=1S/C23H37N3O2/c1-21(2,3)25-19(27)14-26-6-4-22(5-7-26)13-18(22)24-20(28)23-10-15-8-16(11-23)17(9-15)12-23/h15-18H,4-14H2,1-3H3,(H,24,28)(H,25,27)/t15?,16?,17?,18-,23?/m1/s1. The third-order valence-corrected chi connectivity index (χ3v) is 8.63. The van der Waals surface area contributed by atoms with Crippen LogP contribution in [-0.2, 0) is 9.59 Å². The summed E-state index contributed by atoms with van der Waals surface area (Å²) in [6, 6.07) is 0.386. The van der Waals surface area contributed by atoms with Gasteiger partial charge in [-0.2, -0.15) is 0 Å². The minimum atomic E-state index is -0.168. The summed E-state index contributed by atoms with van der Waals surface area (Å²) >= 11 is 0. The first-order valence-corrected chi connectivity index (χ1v) is 11.5. The Kier molecular flexibility index (Phi) is 4.18. The average Bonchev–Trinajstić information content (AvgIpc) is 3.07. The molecule has 5 aliphatic carbocycles. The zero-order valence-corrected chi connectivity index (χ0v) is 17.9. The highest BCUT2D eigenvalue weighted by Crippen LogP contribution is 2.64. The fourth-order valence-electron chi connectivity index (χ4n) is 7.32. The van der Waals surface area contributed by atoms with Crippen LogP contribution in [-0.4, -0.2) is 47.9 Å². The van der Waals surface area contributed by atoms with Crippen molar-refractivity contribution >= 4 is 11.8 Å². The number of nitrogens with zero attached hydrogens (tertiary/aromatic N) is 1. The summed E-state index contributed by atoms with van der Waals surface area (Å²) in [5.74, 6) is 3.03. The summed E-state index contributed by atoms with van der Waals surface area (Å²) in [7, 11) is 0. The molecule has 0 aromatic rings. The first kappa shape index (κ1) is 18.9. The van der Waals surface area contributed by atoms with Gasteiger partial charge in [-0.25, -0.2) is 0 Å². The molecule has 5 saturated carbocycles. The maximum absolute atomic E-state index is 13.2. The van der Waals surface area contributed by atoms with Crippen LogP contribution >= 0.6 is 0 Å². The summed E-state index contributed by atoms with van der Waals surface area (Å²) in [6.07, 6.45) is 9.64. The van der Waals surface area contributed by atoms with Crippen LogP contribution in [0.25, 0.3) is 0 Å². The molecule has 2 N–H and O–H groups in total. The lowest BCUT2D eigenvalue weighted by atomic mass is 9.69. The van der Waals surface area contributed by atoms with Gasteiger partial charge < -0.3 is 10.6 Å². The Morgan fingerprint density at radius 3 is 2.21 bits per heavy atom. The lowest BCUT2D eigenvalue weighted by Crippen LogP contribution is -2.49. The number of hydrogen-bond donors (Lipinski definition) is 2. The second-order valence-corrected chi connectivity index (χ2v) is 11.9. The molecule has 1 saturated heterocycles. The van der Waals surface area contributed by atoms with E-state index in [-0.39, 0.29) is 16.9 Å². The van der Waals surface area contributed by atoms with Crippen molar-refractivity contribution in [1.29, 1.82) is 0 Å². The van der Waals surface area contributed by atoms with Crippen molar-refractivity contribution in [2.24, 2.45) is 28.6 Å². The maximum atomic E-state index is 13.2. The monoisotopic (exact) mass is 387 g/mol. The molecule has 4 bridgehead atoms. The number of carbonyl (C=O) groups is 2. The van der Waals surface area contributed by atoms with E-state index in [2.05, 4.69) is 15.5 Å². The lowest BCUT2D eigenvalue weighted by molar-refractivity contribution is -0.134. The number of piperidine rings is 1. The second kappa shape index (κ2) is 6.20. The number of carbonyl (C=O) groups excluding carboxylic acids is 2. The Morgan fingerprint density at radius 1 is 1.00 bits per heavy atom. The lowest BCUT2D eigenvalue weighted by Gasteiger charge is -2.37. The van der Waals surface area contributed by atoms with Crippen molar-refractivity contribution in [3.05, 3.63) is 0 Å². The summed E-state index contributed by atoms with van der Waals surface area (Å²) in [5, 5.41) is 6.55. The van der Waals surface area contributed by atoms with Crippen molar-refractivity contribution in [3.63, 3.8) is 0 Å². The SMILES string of the molecule is CC(C)(C)NC(=O)CN1CCC2(CC1)C[C@H]2NC(=O)C12CC3CC(C1)C(C3)C2. The summed E-state index contributed by atoms with van der Waals surface area (Å²) in [5.41, 5.74) is 0.142. The quantitative estimate of drug-likeness (QED) is 0.780. The van der Waals surface area contributed by atoms with E-state index in [0.29, 0.717) is 23.9 Å². The van der Waals surface area contributed by atoms with Gasteiger partial charge in [0.25, 0.3) is 0 Å². The fourth-order valence-corrected chi connectivity index (χ4v) is 7.32. The summed E-state index contributed by atoms with van der Waals surface area (Å²) < 4.78 is 0. The van der Waals surface area contributed by atoms with Gasteiger partial charge in [0, 0.05) is 17.0 Å². The third-order valence-electron chi connectivity index (χ3n) is 8.63. The van der Waals surface area contributed by atoms with Gasteiger partial charge in [0.05, 0.1) is 6.54 Å². The van der Waals surface area contributed by atoms with E-state index in [4.69, 9.17) is 0 Å². The van der Waals surface area contributed by atoms with Crippen LogP contribution < -0.4 is 10.6 Å². The highest BCUT2D eigenvalue weighted by atomic mass is 16.2. The molecule has 28 heavy (non-hydrogen) atoms. The number of rotatable bonds is 4. The second-order valence-electron chi connectivity index (χ2n) is 11.9. The van der Waals surface area contributed by atoms with Crippen LogP contribution in [0.5, 0.6) is 0 Å². The molecular weight excluding hydrogens is 350 g/mol. The molecule has 0 aromatic carbocycles. The molecule has 3 atom stereocenters. The van der Waals surface area contributed by atoms with E-state index >= 15 is 0 Å². The van der Waals surface area contributed by atoms with E-state index in [0.717, 1.165) is 69.4 Å². The highest BCUT2D eigenvalue weighted by Gasteiger charge is 2.61. The third kappa shape index (κ3) is 3.28. The predicted octanol–water partition coefficient (Wildman–Crippen LogP) is 2.70. The maximum Gasteiger partial charge on any atom is 0.234 e. The predicted molar refractivity (Wildman–Crippen MR) is 109 cm³/mol. The zero-order chi connectivity index (χ0) is 19.7. The van der Waals surface area contributed by atoms with E-state index in [9.17, 15) is 9.59 Å². The molecule has 6 rings (SSSR count). The summed E-state index contributed by atoms with van der Waals surface area (Å²) in [6.45, 7) is 8.51. The minimum Gasteiger partial charge on any atom is -0.352 e. The summed E-state index contributed by atoms with van der Waals surface area (Å²) in [4.78, 5) is 27.6. The van der Waals surface area contributed by atoms with E-state index in [1.165, 1.54) is 12.8 Å². The van der Waals surface area contributed by atoms with E-state index in [1.807, 2.05) is 20.8 Å². The number of amides is 2. The molecule has 5 nitrogen and oxygen atoms in total. The first-order valence-electron chi connectivity index (χ1n) is 11.5. The molecule has 1 heterocycles. The van der Waals surface area contributed by atoms with Crippen LogP contribution in [0.1, 0.15) is 72.1 Å². The van der Waals surface area contributed by atoms with Crippen molar-refractivity contribution in [2.75, 3.05) is 19.6 Å². The van der Waals surface area contributed by atoms with Crippen molar-refractivity contribution in [3.8, 4) is 0 Å². The first-order chi connectivity index (χ1) is 13.2. The van der Waals surface area contributed by atoms with Crippen LogP contribution in [0.4, 0.5) is 0 Å². The topological polar surface area (TPSA) is 61.4 Å². The largest absolute Gasteiger partial charge is 0.352 e. The Hall–Kier alpha value is -1.10. The van der Waals surface area contributed by atoms with Crippen LogP contribution in [0, 0.1) is 28.6 Å². The number of likely N-dealkylation sites (tertiary alicyclic amines) is 1.